The topological polar surface area (TPSA) is 0 Å². The van der Waals surface area contributed by atoms with Crippen molar-refractivity contribution in [2.45, 2.75) is 20.8 Å². The molecular weight excluding hydrogens is 415 g/mol. The Hall–Kier alpha value is -2.97. The lowest BCUT2D eigenvalue weighted by atomic mass is 9.34. The second-order valence-corrected chi connectivity index (χ2v) is 9.68. The van der Waals surface area contributed by atoms with E-state index in [1.165, 1.54) is 49.8 Å². The molecular formula is C31H31BS. The number of hydrogen-bond acceptors (Lipinski definition) is 1. The Morgan fingerprint density at radius 3 is 1.48 bits per heavy atom. The number of rotatable bonds is 7. The molecule has 0 radical (unpaired) electrons. The van der Waals surface area contributed by atoms with Crippen molar-refractivity contribution in [3.05, 3.63) is 131 Å². The number of thioether (sulfide) groups is 1. The molecule has 0 heterocycles. The predicted molar refractivity (Wildman–Crippen MR) is 150 cm³/mol. The summed E-state index contributed by atoms with van der Waals surface area (Å²) in [6.07, 6.45) is 2.20. The highest BCUT2D eigenvalue weighted by atomic mass is 32.2. The van der Waals surface area contributed by atoms with Crippen molar-refractivity contribution in [3.8, 4) is 0 Å². The normalized spacial score (nSPS) is 11.8. The fourth-order valence-corrected chi connectivity index (χ4v) is 5.00. The molecule has 4 aromatic carbocycles. The summed E-state index contributed by atoms with van der Waals surface area (Å²) in [6.45, 7) is 6.62. The molecule has 0 nitrogen and oxygen atoms in total. The van der Waals surface area contributed by atoms with Crippen LogP contribution in [0.2, 0.25) is 0 Å². The lowest BCUT2D eigenvalue weighted by Crippen LogP contribution is -2.44. The van der Waals surface area contributed by atoms with Gasteiger partial charge in [-0.05, 0) is 43.7 Å². The Labute approximate surface area is 203 Å². The molecule has 0 bridgehead atoms. The standard InChI is InChI=1S/C31H31BS/c1-23-10-16-27(17-11-23)31(30(22-33-4)26-8-6-5-7-9-26)32(28-18-12-24(2)13-19-28)29-20-14-25(3)15-21-29/h5-21H,22H2,1-4H3/b31-30+. The fourth-order valence-electron chi connectivity index (χ4n) is 4.39. The molecule has 0 amide bonds. The first-order chi connectivity index (χ1) is 16.1. The molecule has 0 fully saturated rings. The lowest BCUT2D eigenvalue weighted by Gasteiger charge is -2.24. The molecule has 164 valence electrons. The molecule has 0 aliphatic rings. The molecule has 4 aromatic rings. The SMILES string of the molecule is CSC/C(=C(\B(c1ccc(C)cc1)c1ccc(C)cc1)c1ccc(C)cc1)c1ccccc1. The van der Waals surface area contributed by atoms with Crippen LogP contribution < -0.4 is 10.9 Å². The molecule has 0 saturated heterocycles. The van der Waals surface area contributed by atoms with Gasteiger partial charge in [0.2, 0.25) is 6.71 Å². The monoisotopic (exact) mass is 446 g/mol. The van der Waals surface area contributed by atoms with E-state index in [4.69, 9.17) is 0 Å². The molecule has 0 atom stereocenters. The van der Waals surface area contributed by atoms with Crippen LogP contribution in [0.5, 0.6) is 0 Å². The molecule has 0 aliphatic heterocycles. The number of aryl methyl sites for hydroxylation is 3. The van der Waals surface area contributed by atoms with E-state index in [9.17, 15) is 0 Å². The van der Waals surface area contributed by atoms with E-state index >= 15 is 0 Å². The predicted octanol–water partition coefficient (Wildman–Crippen LogP) is 6.73. The van der Waals surface area contributed by atoms with E-state index in [0.717, 1.165) is 5.75 Å². The van der Waals surface area contributed by atoms with Crippen LogP contribution in [0.4, 0.5) is 0 Å². The summed E-state index contributed by atoms with van der Waals surface area (Å²) in [5.41, 5.74) is 11.9. The van der Waals surface area contributed by atoms with Gasteiger partial charge in [0, 0.05) is 5.75 Å². The van der Waals surface area contributed by atoms with Crippen LogP contribution in [0.1, 0.15) is 27.8 Å². The number of hydrogen-bond donors (Lipinski definition) is 0. The minimum atomic E-state index is 0.149. The summed E-state index contributed by atoms with van der Waals surface area (Å²) in [5, 5.41) is 0. The van der Waals surface area contributed by atoms with Crippen LogP contribution in [0.25, 0.3) is 11.0 Å². The maximum Gasteiger partial charge on any atom is 0.242 e. The van der Waals surface area contributed by atoms with Crippen LogP contribution in [0, 0.1) is 20.8 Å². The van der Waals surface area contributed by atoms with Crippen molar-refractivity contribution < 1.29 is 0 Å². The van der Waals surface area contributed by atoms with Gasteiger partial charge < -0.3 is 0 Å². The Balaban J connectivity index is 2.05. The van der Waals surface area contributed by atoms with Gasteiger partial charge in [-0.3, -0.25) is 0 Å². The van der Waals surface area contributed by atoms with Crippen molar-refractivity contribution >= 4 is 40.4 Å². The van der Waals surface area contributed by atoms with Gasteiger partial charge in [-0.15, -0.1) is 0 Å². The van der Waals surface area contributed by atoms with Crippen LogP contribution in [-0.4, -0.2) is 18.7 Å². The van der Waals surface area contributed by atoms with E-state index in [-0.39, 0.29) is 6.71 Å². The molecule has 0 aromatic heterocycles. The zero-order valence-electron chi connectivity index (χ0n) is 20.0. The smallest absolute Gasteiger partial charge is 0.161 e. The van der Waals surface area contributed by atoms with E-state index < -0.39 is 0 Å². The zero-order chi connectivity index (χ0) is 23.2. The third kappa shape index (κ3) is 5.51. The van der Waals surface area contributed by atoms with Crippen molar-refractivity contribution in [1.29, 1.82) is 0 Å². The molecule has 33 heavy (non-hydrogen) atoms. The van der Waals surface area contributed by atoms with Crippen LogP contribution in [0.15, 0.2) is 103 Å². The van der Waals surface area contributed by atoms with E-state index in [1.54, 1.807) is 0 Å². The first-order valence-corrected chi connectivity index (χ1v) is 12.9. The van der Waals surface area contributed by atoms with Gasteiger partial charge >= 0.3 is 0 Å². The van der Waals surface area contributed by atoms with Crippen molar-refractivity contribution in [3.63, 3.8) is 0 Å². The van der Waals surface area contributed by atoms with Crippen LogP contribution in [0.3, 0.4) is 0 Å². The van der Waals surface area contributed by atoms with Crippen LogP contribution in [-0.2, 0) is 0 Å². The molecule has 4 rings (SSSR count). The molecule has 0 N–H and O–H groups in total. The highest BCUT2D eigenvalue weighted by Crippen LogP contribution is 2.31. The van der Waals surface area contributed by atoms with Gasteiger partial charge in [-0.1, -0.05) is 136 Å². The summed E-state index contributed by atoms with van der Waals surface area (Å²) in [4.78, 5) is 0. The summed E-state index contributed by atoms with van der Waals surface area (Å²) in [5.74, 6) is 0.960. The summed E-state index contributed by atoms with van der Waals surface area (Å²) >= 11 is 1.89. The van der Waals surface area contributed by atoms with Crippen LogP contribution >= 0.6 is 11.8 Å². The van der Waals surface area contributed by atoms with Crippen molar-refractivity contribution in [1.82, 2.24) is 0 Å². The average Bonchev–Trinajstić information content (AvgIpc) is 2.84. The van der Waals surface area contributed by atoms with E-state index in [0.29, 0.717) is 0 Å². The van der Waals surface area contributed by atoms with Gasteiger partial charge in [0.15, 0.2) is 0 Å². The minimum Gasteiger partial charge on any atom is -0.161 e. The third-order valence-corrected chi connectivity index (χ3v) is 6.79. The van der Waals surface area contributed by atoms with Crippen molar-refractivity contribution in [2.24, 2.45) is 0 Å². The Morgan fingerprint density at radius 2 is 1.03 bits per heavy atom. The van der Waals surface area contributed by atoms with Gasteiger partial charge in [0.25, 0.3) is 0 Å². The Kier molecular flexibility index (Phi) is 7.57. The maximum atomic E-state index is 2.30. The van der Waals surface area contributed by atoms with Gasteiger partial charge in [0.05, 0.1) is 0 Å². The lowest BCUT2D eigenvalue weighted by molar-refractivity contribution is 1.45. The van der Waals surface area contributed by atoms with Gasteiger partial charge in [0.1, 0.15) is 0 Å². The molecule has 0 spiro atoms. The summed E-state index contributed by atoms with van der Waals surface area (Å²) < 4.78 is 0. The highest BCUT2D eigenvalue weighted by Gasteiger charge is 2.28. The van der Waals surface area contributed by atoms with Gasteiger partial charge in [-0.2, -0.15) is 11.8 Å². The van der Waals surface area contributed by atoms with E-state index in [1.807, 2.05) is 11.8 Å². The van der Waals surface area contributed by atoms with Crippen molar-refractivity contribution in [2.75, 3.05) is 12.0 Å². The minimum absolute atomic E-state index is 0.149. The van der Waals surface area contributed by atoms with E-state index in [2.05, 4.69) is 130 Å². The molecule has 2 heteroatoms. The first-order valence-electron chi connectivity index (χ1n) is 11.5. The summed E-state index contributed by atoms with van der Waals surface area (Å²) in [6, 6.07) is 38.1. The number of benzene rings is 4. The van der Waals surface area contributed by atoms with Gasteiger partial charge in [-0.25, -0.2) is 0 Å². The quantitative estimate of drug-likeness (QED) is 0.224. The Bertz CT molecular complexity index is 1160. The molecule has 0 unspecified atom stereocenters. The second-order valence-electron chi connectivity index (χ2n) is 8.81. The third-order valence-electron chi connectivity index (χ3n) is 6.21. The zero-order valence-corrected chi connectivity index (χ0v) is 20.8. The second kappa shape index (κ2) is 10.8. The fraction of sp³-hybridized carbons (Fsp3) is 0.161. The average molecular weight is 446 g/mol. The first kappa shape index (κ1) is 23.2. The maximum absolute atomic E-state index is 2.30. The molecule has 0 saturated carbocycles. The highest BCUT2D eigenvalue weighted by molar-refractivity contribution is 7.99. The molecule has 0 aliphatic carbocycles. The Morgan fingerprint density at radius 1 is 0.576 bits per heavy atom. The largest absolute Gasteiger partial charge is 0.242 e. The summed E-state index contributed by atoms with van der Waals surface area (Å²) in [7, 11) is 0.